The van der Waals surface area contributed by atoms with Gasteiger partial charge < -0.3 is 4.98 Å². The molecule has 2 aliphatic rings. The maximum atomic E-state index is 14.1. The first-order valence-corrected chi connectivity index (χ1v) is 8.37. The molecular formula is C17H16ClF2N3O. The van der Waals surface area contributed by atoms with Crippen LogP contribution in [-0.2, 0) is 19.5 Å². The van der Waals surface area contributed by atoms with Crippen molar-refractivity contribution in [3.8, 4) is 0 Å². The highest BCUT2D eigenvalue weighted by Gasteiger charge is 2.29. The third-order valence-corrected chi connectivity index (χ3v) is 4.94. The van der Waals surface area contributed by atoms with Crippen LogP contribution in [0.4, 0.5) is 8.78 Å². The molecule has 1 aliphatic heterocycles. The van der Waals surface area contributed by atoms with E-state index in [0.717, 1.165) is 30.4 Å². The fourth-order valence-corrected chi connectivity index (χ4v) is 3.30. The second-order valence-corrected chi connectivity index (χ2v) is 6.84. The van der Waals surface area contributed by atoms with Crippen LogP contribution in [0.15, 0.2) is 16.9 Å². The maximum absolute atomic E-state index is 14.1. The van der Waals surface area contributed by atoms with Crippen molar-refractivity contribution in [3.05, 3.63) is 61.8 Å². The van der Waals surface area contributed by atoms with Gasteiger partial charge in [0.05, 0.1) is 16.3 Å². The smallest absolute Gasteiger partial charge is 0.255 e. The van der Waals surface area contributed by atoms with E-state index in [-0.39, 0.29) is 22.7 Å². The number of benzene rings is 1. The molecule has 1 aromatic heterocycles. The molecule has 1 N–H and O–H groups in total. The Morgan fingerprint density at radius 2 is 2.12 bits per heavy atom. The number of aromatic nitrogens is 2. The molecule has 126 valence electrons. The van der Waals surface area contributed by atoms with Crippen LogP contribution in [0.25, 0.3) is 0 Å². The topological polar surface area (TPSA) is 49.0 Å². The van der Waals surface area contributed by atoms with Crippen LogP contribution in [0.2, 0.25) is 5.02 Å². The van der Waals surface area contributed by atoms with E-state index in [2.05, 4.69) is 9.97 Å². The van der Waals surface area contributed by atoms with Crippen molar-refractivity contribution in [3.63, 3.8) is 0 Å². The van der Waals surface area contributed by atoms with Crippen molar-refractivity contribution in [2.75, 3.05) is 6.54 Å². The minimum atomic E-state index is -0.737. The molecule has 1 saturated carbocycles. The Morgan fingerprint density at radius 1 is 1.33 bits per heavy atom. The fourth-order valence-electron chi connectivity index (χ4n) is 3.12. The lowest BCUT2D eigenvalue weighted by atomic mass is 10.1. The van der Waals surface area contributed by atoms with Crippen LogP contribution in [-0.4, -0.2) is 21.4 Å². The van der Waals surface area contributed by atoms with Crippen LogP contribution in [0.5, 0.6) is 0 Å². The largest absolute Gasteiger partial charge is 0.310 e. The van der Waals surface area contributed by atoms with Crippen LogP contribution in [0, 0.1) is 11.6 Å². The van der Waals surface area contributed by atoms with Crippen LogP contribution < -0.4 is 5.56 Å². The highest BCUT2D eigenvalue weighted by atomic mass is 35.5. The molecule has 2 heterocycles. The van der Waals surface area contributed by atoms with Gasteiger partial charge in [-0.15, -0.1) is 0 Å². The van der Waals surface area contributed by atoms with Gasteiger partial charge in [-0.25, -0.2) is 13.8 Å². The summed E-state index contributed by atoms with van der Waals surface area (Å²) < 4.78 is 28.0. The normalized spacial score (nSPS) is 17.8. The van der Waals surface area contributed by atoms with Gasteiger partial charge in [-0.05, 0) is 25.0 Å². The summed E-state index contributed by atoms with van der Waals surface area (Å²) in [5, 5.41) is -0.0996. The van der Waals surface area contributed by atoms with Crippen molar-refractivity contribution in [1.82, 2.24) is 14.9 Å². The summed E-state index contributed by atoms with van der Waals surface area (Å²) in [5.41, 5.74) is 1.20. The lowest BCUT2D eigenvalue weighted by Gasteiger charge is -2.28. The maximum Gasteiger partial charge on any atom is 0.255 e. The van der Waals surface area contributed by atoms with Crippen LogP contribution in [0.1, 0.15) is 41.4 Å². The summed E-state index contributed by atoms with van der Waals surface area (Å²) in [6, 6.07) is 2.37. The molecule has 0 spiro atoms. The summed E-state index contributed by atoms with van der Waals surface area (Å²) in [7, 11) is 0. The minimum Gasteiger partial charge on any atom is -0.310 e. The SMILES string of the molecule is O=c1[nH]c(C2CC2)nc2c1CN(Cc1c(F)ccc(Cl)c1F)CC2. The molecule has 2 aromatic rings. The van der Waals surface area contributed by atoms with E-state index in [9.17, 15) is 13.6 Å². The lowest BCUT2D eigenvalue weighted by molar-refractivity contribution is 0.234. The van der Waals surface area contributed by atoms with Gasteiger partial charge in [-0.1, -0.05) is 11.6 Å². The molecule has 1 aromatic carbocycles. The molecular weight excluding hydrogens is 336 g/mol. The molecule has 0 radical (unpaired) electrons. The van der Waals surface area contributed by atoms with Crippen molar-refractivity contribution in [2.45, 2.75) is 38.3 Å². The Kier molecular flexibility index (Phi) is 3.89. The van der Waals surface area contributed by atoms with Gasteiger partial charge in [0.2, 0.25) is 0 Å². The molecule has 0 saturated heterocycles. The third kappa shape index (κ3) is 2.84. The summed E-state index contributed by atoms with van der Waals surface area (Å²) >= 11 is 5.74. The number of nitrogens with zero attached hydrogens (tertiary/aromatic N) is 2. The van der Waals surface area contributed by atoms with E-state index in [4.69, 9.17) is 11.6 Å². The summed E-state index contributed by atoms with van der Waals surface area (Å²) in [6.07, 6.45) is 2.74. The molecule has 1 fully saturated rings. The zero-order valence-corrected chi connectivity index (χ0v) is 13.7. The van der Waals surface area contributed by atoms with E-state index in [0.29, 0.717) is 31.0 Å². The first-order chi connectivity index (χ1) is 11.5. The van der Waals surface area contributed by atoms with Crippen molar-refractivity contribution >= 4 is 11.6 Å². The third-order valence-electron chi connectivity index (χ3n) is 4.65. The number of hydrogen-bond acceptors (Lipinski definition) is 3. The summed E-state index contributed by atoms with van der Waals surface area (Å²) in [6.45, 7) is 0.994. The van der Waals surface area contributed by atoms with Gasteiger partial charge in [-0.2, -0.15) is 0 Å². The number of rotatable bonds is 3. The van der Waals surface area contributed by atoms with E-state index in [1.54, 1.807) is 0 Å². The average molecular weight is 352 g/mol. The van der Waals surface area contributed by atoms with Gasteiger partial charge in [0, 0.05) is 37.5 Å². The standard InChI is InChI=1S/C17H16ClF2N3O/c18-12-3-4-13(19)10(15(12)20)7-23-6-5-14-11(8-23)17(24)22-16(21-14)9-1-2-9/h3-4,9H,1-2,5-8H2,(H,21,22,24). The van der Waals surface area contributed by atoms with E-state index >= 15 is 0 Å². The van der Waals surface area contributed by atoms with Crippen molar-refractivity contribution in [1.29, 1.82) is 0 Å². The monoisotopic (exact) mass is 351 g/mol. The number of halogens is 3. The van der Waals surface area contributed by atoms with Gasteiger partial charge in [0.1, 0.15) is 17.5 Å². The number of H-pyrrole nitrogens is 1. The van der Waals surface area contributed by atoms with Crippen LogP contribution in [0.3, 0.4) is 0 Å². The highest BCUT2D eigenvalue weighted by molar-refractivity contribution is 6.30. The van der Waals surface area contributed by atoms with Crippen molar-refractivity contribution in [2.24, 2.45) is 0 Å². The van der Waals surface area contributed by atoms with Gasteiger partial charge in [-0.3, -0.25) is 9.69 Å². The molecule has 0 atom stereocenters. The molecule has 0 unspecified atom stereocenters. The first kappa shape index (κ1) is 15.7. The molecule has 24 heavy (non-hydrogen) atoms. The minimum absolute atomic E-state index is 0.0649. The predicted molar refractivity (Wildman–Crippen MR) is 86.0 cm³/mol. The highest BCUT2D eigenvalue weighted by Crippen LogP contribution is 2.37. The van der Waals surface area contributed by atoms with Crippen LogP contribution >= 0.6 is 11.6 Å². The Labute approximate surface area is 142 Å². The molecule has 0 bridgehead atoms. The summed E-state index contributed by atoms with van der Waals surface area (Å²) in [4.78, 5) is 21.6. The Balaban J connectivity index is 1.59. The molecule has 7 heteroatoms. The first-order valence-electron chi connectivity index (χ1n) is 7.99. The predicted octanol–water partition coefficient (Wildman–Crippen LogP) is 3.14. The average Bonchev–Trinajstić information content (AvgIpc) is 3.40. The van der Waals surface area contributed by atoms with E-state index in [1.807, 2.05) is 4.90 Å². The van der Waals surface area contributed by atoms with Crippen molar-refractivity contribution < 1.29 is 8.78 Å². The zero-order valence-electron chi connectivity index (χ0n) is 12.9. The Bertz CT molecular complexity index is 864. The van der Waals surface area contributed by atoms with Gasteiger partial charge in [0.15, 0.2) is 0 Å². The second-order valence-electron chi connectivity index (χ2n) is 6.43. The number of aromatic amines is 1. The molecule has 4 rings (SSSR count). The fraction of sp³-hybridized carbons (Fsp3) is 0.412. The number of hydrogen-bond donors (Lipinski definition) is 1. The van der Waals surface area contributed by atoms with Gasteiger partial charge >= 0.3 is 0 Å². The van der Waals surface area contributed by atoms with Gasteiger partial charge in [0.25, 0.3) is 5.56 Å². The second kappa shape index (κ2) is 5.93. The molecule has 0 amide bonds. The lowest BCUT2D eigenvalue weighted by Crippen LogP contribution is -2.36. The summed E-state index contributed by atoms with van der Waals surface area (Å²) in [5.74, 6) is -0.202. The Hall–Kier alpha value is -1.79. The number of nitrogens with one attached hydrogen (secondary N) is 1. The Morgan fingerprint density at radius 3 is 2.88 bits per heavy atom. The number of fused-ring (bicyclic) bond motifs is 1. The van der Waals surface area contributed by atoms with E-state index in [1.165, 1.54) is 6.07 Å². The zero-order chi connectivity index (χ0) is 16.8. The molecule has 1 aliphatic carbocycles. The van der Waals surface area contributed by atoms with E-state index < -0.39 is 11.6 Å². The quantitative estimate of drug-likeness (QED) is 0.864. The molecule has 4 nitrogen and oxygen atoms in total.